The van der Waals surface area contributed by atoms with Gasteiger partial charge in [0.25, 0.3) is 0 Å². The van der Waals surface area contributed by atoms with Crippen LogP contribution in [0, 0.1) is 0 Å². The first kappa shape index (κ1) is 22.8. The highest BCUT2D eigenvalue weighted by Gasteiger charge is 2.17. The Morgan fingerprint density at radius 3 is 2.72 bits per heavy atom. The first-order valence-corrected chi connectivity index (χ1v) is 12.8. The number of amides is 1. The zero-order chi connectivity index (χ0) is 20.6. The second-order valence-electron chi connectivity index (χ2n) is 7.06. The average molecular weight is 473 g/mol. The van der Waals surface area contributed by atoms with Crippen LogP contribution in [-0.2, 0) is 22.8 Å². The van der Waals surface area contributed by atoms with E-state index in [0.717, 1.165) is 47.4 Å². The highest BCUT2D eigenvalue weighted by molar-refractivity contribution is 7.99. The van der Waals surface area contributed by atoms with Gasteiger partial charge in [-0.25, -0.2) is 0 Å². The van der Waals surface area contributed by atoms with Crippen molar-refractivity contribution < 1.29 is 4.79 Å². The van der Waals surface area contributed by atoms with Gasteiger partial charge >= 0.3 is 0 Å². The second-order valence-corrected chi connectivity index (χ2v) is 9.83. The standard InChI is InChI=1S/C20H26Cl2N4OS2/c1-2-26-18(12-28-11-14-8-9-15(21)10-17(14)22)24-25-20(26)29-13-19(27)23-16-6-4-3-5-7-16/h8-10,16H,2-7,11-13H2,1H3,(H,23,27). The van der Waals surface area contributed by atoms with Gasteiger partial charge in [0.1, 0.15) is 5.82 Å². The van der Waals surface area contributed by atoms with Gasteiger partial charge in [0.05, 0.1) is 11.5 Å². The Morgan fingerprint density at radius 2 is 2.00 bits per heavy atom. The van der Waals surface area contributed by atoms with Crippen LogP contribution in [0.1, 0.15) is 50.4 Å². The largest absolute Gasteiger partial charge is 0.353 e. The Kier molecular flexibility index (Phi) is 9.03. The number of rotatable bonds is 9. The molecule has 0 spiro atoms. The van der Waals surface area contributed by atoms with E-state index in [9.17, 15) is 4.79 Å². The Balaban J connectivity index is 1.49. The summed E-state index contributed by atoms with van der Waals surface area (Å²) in [4.78, 5) is 12.3. The molecule has 0 radical (unpaired) electrons. The summed E-state index contributed by atoms with van der Waals surface area (Å²) in [5.41, 5.74) is 1.05. The zero-order valence-corrected chi connectivity index (χ0v) is 19.6. The molecule has 0 saturated heterocycles. The van der Waals surface area contributed by atoms with Gasteiger partial charge in [-0.1, -0.05) is 60.3 Å². The van der Waals surface area contributed by atoms with E-state index in [4.69, 9.17) is 23.2 Å². The van der Waals surface area contributed by atoms with Crippen LogP contribution in [-0.4, -0.2) is 32.5 Å². The Hall–Kier alpha value is -0.890. The van der Waals surface area contributed by atoms with Gasteiger partial charge in [-0.2, -0.15) is 0 Å². The van der Waals surface area contributed by atoms with Crippen molar-refractivity contribution in [1.82, 2.24) is 20.1 Å². The van der Waals surface area contributed by atoms with Crippen LogP contribution in [0.4, 0.5) is 0 Å². The lowest BCUT2D eigenvalue weighted by Gasteiger charge is -2.22. The van der Waals surface area contributed by atoms with Crippen LogP contribution in [0.15, 0.2) is 23.4 Å². The maximum atomic E-state index is 12.3. The summed E-state index contributed by atoms with van der Waals surface area (Å²) in [7, 11) is 0. The molecular weight excluding hydrogens is 447 g/mol. The number of thioether (sulfide) groups is 2. The lowest BCUT2D eigenvalue weighted by atomic mass is 9.95. The van der Waals surface area contributed by atoms with E-state index < -0.39 is 0 Å². The monoisotopic (exact) mass is 472 g/mol. The van der Waals surface area contributed by atoms with Gasteiger partial charge in [0.15, 0.2) is 5.16 Å². The summed E-state index contributed by atoms with van der Waals surface area (Å²) >= 11 is 15.4. The van der Waals surface area contributed by atoms with E-state index >= 15 is 0 Å². The van der Waals surface area contributed by atoms with Crippen LogP contribution in [0.5, 0.6) is 0 Å². The maximum absolute atomic E-state index is 12.3. The van der Waals surface area contributed by atoms with Crippen LogP contribution in [0.25, 0.3) is 0 Å². The van der Waals surface area contributed by atoms with Crippen molar-refractivity contribution in [2.75, 3.05) is 5.75 Å². The molecule has 1 aliphatic rings. The van der Waals surface area contributed by atoms with Crippen LogP contribution in [0.3, 0.4) is 0 Å². The van der Waals surface area contributed by atoms with Gasteiger partial charge < -0.3 is 9.88 Å². The molecule has 1 aliphatic carbocycles. The number of carbonyl (C=O) groups is 1. The molecule has 0 atom stereocenters. The fourth-order valence-corrected chi connectivity index (χ4v) is 5.74. The van der Waals surface area contributed by atoms with Crippen LogP contribution < -0.4 is 5.32 Å². The van der Waals surface area contributed by atoms with Gasteiger partial charge in [-0.05, 0) is 37.5 Å². The first-order valence-electron chi connectivity index (χ1n) is 9.92. The molecular formula is C20H26Cl2N4OS2. The third-order valence-corrected chi connectivity index (χ3v) is 7.45. The topological polar surface area (TPSA) is 59.8 Å². The first-order chi connectivity index (χ1) is 14.1. The lowest BCUT2D eigenvalue weighted by molar-refractivity contribution is -0.119. The van der Waals surface area contributed by atoms with Crippen molar-refractivity contribution >= 4 is 52.6 Å². The Morgan fingerprint density at radius 1 is 1.21 bits per heavy atom. The van der Waals surface area contributed by atoms with Crippen molar-refractivity contribution in [3.63, 3.8) is 0 Å². The number of halogens is 2. The molecule has 3 rings (SSSR count). The summed E-state index contributed by atoms with van der Waals surface area (Å²) in [6.45, 7) is 2.84. The molecule has 5 nitrogen and oxygen atoms in total. The lowest BCUT2D eigenvalue weighted by Crippen LogP contribution is -2.37. The molecule has 0 bridgehead atoms. The van der Waals surface area contributed by atoms with Crippen molar-refractivity contribution in [2.45, 2.75) is 68.3 Å². The predicted molar refractivity (Wildman–Crippen MR) is 123 cm³/mol. The van der Waals surface area contributed by atoms with E-state index in [-0.39, 0.29) is 5.91 Å². The van der Waals surface area contributed by atoms with E-state index in [2.05, 4.69) is 27.0 Å². The fourth-order valence-electron chi connectivity index (χ4n) is 3.39. The predicted octanol–water partition coefficient (Wildman–Crippen LogP) is 5.58. The molecule has 158 valence electrons. The quantitative estimate of drug-likeness (QED) is 0.482. The molecule has 1 heterocycles. The molecule has 9 heteroatoms. The maximum Gasteiger partial charge on any atom is 0.230 e. The molecule has 29 heavy (non-hydrogen) atoms. The van der Waals surface area contributed by atoms with Crippen molar-refractivity contribution in [3.05, 3.63) is 39.6 Å². The van der Waals surface area contributed by atoms with E-state index in [0.29, 0.717) is 21.8 Å². The molecule has 1 aromatic heterocycles. The minimum absolute atomic E-state index is 0.0841. The summed E-state index contributed by atoms with van der Waals surface area (Å²) < 4.78 is 2.08. The minimum Gasteiger partial charge on any atom is -0.353 e. The molecule has 1 aromatic carbocycles. The third kappa shape index (κ3) is 6.81. The molecule has 1 saturated carbocycles. The van der Waals surface area contributed by atoms with E-state index in [1.807, 2.05) is 12.1 Å². The smallest absolute Gasteiger partial charge is 0.230 e. The molecule has 1 N–H and O–H groups in total. The van der Waals surface area contributed by atoms with E-state index in [1.54, 1.807) is 17.8 Å². The van der Waals surface area contributed by atoms with Crippen molar-refractivity contribution in [3.8, 4) is 0 Å². The number of hydrogen-bond acceptors (Lipinski definition) is 5. The SMILES string of the molecule is CCn1c(CSCc2ccc(Cl)cc2Cl)nnc1SCC(=O)NC1CCCCC1. The number of nitrogens with one attached hydrogen (secondary N) is 1. The van der Waals surface area contributed by atoms with Crippen molar-refractivity contribution in [2.24, 2.45) is 0 Å². The van der Waals surface area contributed by atoms with Crippen LogP contribution >= 0.6 is 46.7 Å². The van der Waals surface area contributed by atoms with Crippen molar-refractivity contribution in [1.29, 1.82) is 0 Å². The summed E-state index contributed by atoms with van der Waals surface area (Å²) in [6.07, 6.45) is 5.90. The van der Waals surface area contributed by atoms with Crippen LogP contribution in [0.2, 0.25) is 10.0 Å². The highest BCUT2D eigenvalue weighted by Crippen LogP contribution is 2.27. The molecule has 2 aromatic rings. The normalized spacial score (nSPS) is 14.9. The Labute approximate surface area is 190 Å². The van der Waals surface area contributed by atoms with Gasteiger partial charge in [-0.3, -0.25) is 4.79 Å². The molecule has 0 aliphatic heterocycles. The molecule has 1 fully saturated rings. The summed E-state index contributed by atoms with van der Waals surface area (Å²) in [5, 5.41) is 13.9. The van der Waals surface area contributed by atoms with Gasteiger partial charge in [-0.15, -0.1) is 22.0 Å². The second kappa shape index (κ2) is 11.5. The minimum atomic E-state index is 0.0841. The number of benzene rings is 1. The number of aromatic nitrogens is 3. The fraction of sp³-hybridized carbons (Fsp3) is 0.550. The van der Waals surface area contributed by atoms with Gasteiger partial charge in [0.2, 0.25) is 5.91 Å². The van der Waals surface area contributed by atoms with Gasteiger partial charge in [0, 0.05) is 28.4 Å². The Bertz CT molecular complexity index is 825. The number of hydrogen-bond donors (Lipinski definition) is 1. The number of nitrogens with zero attached hydrogens (tertiary/aromatic N) is 3. The summed E-state index contributed by atoms with van der Waals surface area (Å²) in [6, 6.07) is 5.91. The number of carbonyl (C=O) groups excluding carboxylic acids is 1. The third-order valence-electron chi connectivity index (χ3n) is 4.92. The highest BCUT2D eigenvalue weighted by atomic mass is 35.5. The molecule has 1 amide bonds. The van der Waals surface area contributed by atoms with E-state index in [1.165, 1.54) is 31.0 Å². The zero-order valence-electron chi connectivity index (χ0n) is 16.5. The average Bonchev–Trinajstić information content (AvgIpc) is 3.10. The molecule has 0 unspecified atom stereocenters. The summed E-state index contributed by atoms with van der Waals surface area (Å²) in [5.74, 6) is 2.88.